The molecular weight excluding hydrogens is 220 g/mol. The van der Waals surface area contributed by atoms with Crippen LogP contribution in [-0.4, -0.2) is 63.6 Å². The molecule has 94 valence electrons. The highest BCUT2D eigenvalue weighted by molar-refractivity contribution is 5.90. The Labute approximate surface area is 100.0 Å². The molecule has 0 unspecified atom stereocenters. The van der Waals surface area contributed by atoms with Crippen molar-refractivity contribution in [2.45, 2.75) is 13.3 Å². The predicted molar refractivity (Wildman–Crippen MR) is 63.4 cm³/mol. The van der Waals surface area contributed by atoms with Crippen LogP contribution in [0.5, 0.6) is 0 Å². The topological polar surface area (TPSA) is 91.1 Å². The molecule has 1 fully saturated rings. The summed E-state index contributed by atoms with van der Waals surface area (Å²) < 4.78 is 0. The van der Waals surface area contributed by atoms with Crippen molar-refractivity contribution in [2.75, 3.05) is 38.5 Å². The third-order valence-electron chi connectivity index (χ3n) is 2.90. The molecule has 0 saturated carbocycles. The maximum Gasteiger partial charge on any atom is 0.291 e. The minimum absolute atomic E-state index is 0.109. The van der Waals surface area contributed by atoms with Gasteiger partial charge in [-0.15, -0.1) is 5.10 Å². The highest BCUT2D eigenvalue weighted by Gasteiger charge is 2.23. The third-order valence-corrected chi connectivity index (χ3v) is 2.90. The highest BCUT2D eigenvalue weighted by atomic mass is 16.2. The molecule has 0 spiro atoms. The monoisotopic (exact) mass is 238 g/mol. The van der Waals surface area contributed by atoms with Gasteiger partial charge in [0.25, 0.3) is 5.91 Å². The summed E-state index contributed by atoms with van der Waals surface area (Å²) in [5, 5.41) is 6.21. The van der Waals surface area contributed by atoms with E-state index < -0.39 is 0 Å². The number of aromatic amines is 1. The molecule has 2 rings (SSSR count). The van der Waals surface area contributed by atoms with Crippen molar-refractivity contribution in [3.05, 3.63) is 5.82 Å². The average Bonchev–Trinajstić information content (AvgIpc) is 2.76. The minimum atomic E-state index is -0.120. The Morgan fingerprint density at radius 2 is 2.12 bits per heavy atom. The lowest BCUT2D eigenvalue weighted by atomic mass is 10.3. The lowest BCUT2D eigenvalue weighted by molar-refractivity contribution is 0.0626. The summed E-state index contributed by atoms with van der Waals surface area (Å²) in [6.45, 7) is 6.57. The number of hydrogen-bond acceptors (Lipinski definition) is 5. The van der Waals surface area contributed by atoms with Gasteiger partial charge < -0.3 is 10.6 Å². The number of piperazine rings is 1. The number of carbonyl (C=O) groups is 1. The van der Waals surface area contributed by atoms with Crippen molar-refractivity contribution >= 4 is 11.9 Å². The number of hydrogen-bond donors (Lipinski definition) is 2. The summed E-state index contributed by atoms with van der Waals surface area (Å²) in [6, 6.07) is 0. The van der Waals surface area contributed by atoms with Crippen LogP contribution in [0.3, 0.4) is 0 Å². The van der Waals surface area contributed by atoms with E-state index in [9.17, 15) is 4.79 Å². The number of carbonyl (C=O) groups excluding carboxylic acids is 1. The first-order valence-corrected chi connectivity index (χ1v) is 5.90. The van der Waals surface area contributed by atoms with E-state index in [0.717, 1.165) is 39.1 Å². The lowest BCUT2D eigenvalue weighted by Crippen LogP contribution is -2.49. The normalized spacial score (nSPS) is 17.4. The van der Waals surface area contributed by atoms with Crippen LogP contribution in [0, 0.1) is 0 Å². The van der Waals surface area contributed by atoms with Crippen LogP contribution in [0.1, 0.15) is 24.0 Å². The first-order chi connectivity index (χ1) is 8.20. The molecule has 17 heavy (non-hydrogen) atoms. The summed E-state index contributed by atoms with van der Waals surface area (Å²) in [7, 11) is 0. The quantitative estimate of drug-likeness (QED) is 0.744. The zero-order chi connectivity index (χ0) is 12.3. The van der Waals surface area contributed by atoms with Crippen molar-refractivity contribution in [3.8, 4) is 0 Å². The van der Waals surface area contributed by atoms with Crippen molar-refractivity contribution in [3.63, 3.8) is 0 Å². The number of nitrogens with one attached hydrogen (secondary N) is 1. The van der Waals surface area contributed by atoms with Gasteiger partial charge in [0.2, 0.25) is 11.8 Å². The van der Waals surface area contributed by atoms with Crippen LogP contribution < -0.4 is 5.73 Å². The summed E-state index contributed by atoms with van der Waals surface area (Å²) >= 11 is 0. The van der Waals surface area contributed by atoms with Gasteiger partial charge in [0.05, 0.1) is 0 Å². The summed E-state index contributed by atoms with van der Waals surface area (Å²) in [5.74, 6) is 0.217. The fourth-order valence-corrected chi connectivity index (χ4v) is 2.01. The van der Waals surface area contributed by atoms with Gasteiger partial charge in [-0.3, -0.25) is 14.8 Å². The maximum absolute atomic E-state index is 12.0. The number of nitrogen functional groups attached to an aromatic ring is 1. The molecule has 0 bridgehead atoms. The fraction of sp³-hybridized carbons (Fsp3) is 0.700. The molecule has 1 saturated heterocycles. The van der Waals surface area contributed by atoms with E-state index in [-0.39, 0.29) is 17.7 Å². The van der Waals surface area contributed by atoms with Crippen LogP contribution in [0.2, 0.25) is 0 Å². The summed E-state index contributed by atoms with van der Waals surface area (Å²) in [4.78, 5) is 20.0. The van der Waals surface area contributed by atoms with Gasteiger partial charge in [0.15, 0.2) is 0 Å². The molecule has 7 nitrogen and oxygen atoms in total. The van der Waals surface area contributed by atoms with Gasteiger partial charge in [-0.2, -0.15) is 4.98 Å². The Kier molecular flexibility index (Phi) is 3.58. The van der Waals surface area contributed by atoms with Crippen molar-refractivity contribution in [2.24, 2.45) is 0 Å². The molecule has 0 atom stereocenters. The first kappa shape index (κ1) is 11.8. The van der Waals surface area contributed by atoms with E-state index >= 15 is 0 Å². The number of anilines is 1. The molecule has 1 aliphatic heterocycles. The average molecular weight is 238 g/mol. The second-order valence-corrected chi connectivity index (χ2v) is 4.18. The number of H-pyrrole nitrogens is 1. The van der Waals surface area contributed by atoms with Gasteiger partial charge in [-0.25, -0.2) is 0 Å². The maximum atomic E-state index is 12.0. The Bertz CT molecular complexity index is 382. The molecule has 1 aliphatic rings. The van der Waals surface area contributed by atoms with Crippen molar-refractivity contribution in [1.29, 1.82) is 0 Å². The third kappa shape index (κ3) is 2.73. The molecule has 0 aromatic carbocycles. The van der Waals surface area contributed by atoms with Crippen LogP contribution in [0.15, 0.2) is 0 Å². The van der Waals surface area contributed by atoms with Crippen molar-refractivity contribution < 1.29 is 4.79 Å². The van der Waals surface area contributed by atoms with Gasteiger partial charge in [0, 0.05) is 26.2 Å². The Hall–Kier alpha value is -1.63. The fourth-order valence-electron chi connectivity index (χ4n) is 2.01. The second-order valence-electron chi connectivity index (χ2n) is 4.18. The molecule has 7 heteroatoms. The predicted octanol–water partition coefficient (Wildman–Crippen LogP) is -0.445. The molecule has 0 aliphatic carbocycles. The van der Waals surface area contributed by atoms with E-state index in [1.807, 2.05) is 0 Å². The molecule has 1 aromatic heterocycles. The van der Waals surface area contributed by atoms with E-state index in [0.29, 0.717) is 0 Å². The smallest absolute Gasteiger partial charge is 0.291 e. The zero-order valence-electron chi connectivity index (χ0n) is 10.0. The lowest BCUT2D eigenvalue weighted by Gasteiger charge is -2.33. The van der Waals surface area contributed by atoms with Gasteiger partial charge >= 0.3 is 0 Å². The second kappa shape index (κ2) is 5.13. The Balaban J connectivity index is 1.90. The molecule has 1 aromatic rings. The number of aromatic nitrogens is 3. The van der Waals surface area contributed by atoms with Crippen LogP contribution in [0.25, 0.3) is 0 Å². The highest BCUT2D eigenvalue weighted by Crippen LogP contribution is 2.06. The van der Waals surface area contributed by atoms with Gasteiger partial charge in [-0.1, -0.05) is 6.92 Å². The van der Waals surface area contributed by atoms with Crippen molar-refractivity contribution in [1.82, 2.24) is 25.0 Å². The molecule has 0 radical (unpaired) electrons. The number of nitrogens with two attached hydrogens (primary N) is 1. The number of nitrogens with zero attached hydrogens (tertiary/aromatic N) is 4. The van der Waals surface area contributed by atoms with Crippen LogP contribution in [0.4, 0.5) is 5.95 Å². The largest absolute Gasteiger partial charge is 0.366 e. The van der Waals surface area contributed by atoms with Crippen LogP contribution >= 0.6 is 0 Å². The molecular formula is C10H18N6O. The molecule has 3 N–H and O–H groups in total. The SMILES string of the molecule is CCCN1CCN(C(=O)c2nc(N)n[nH]2)CC1. The standard InChI is InChI=1S/C10H18N6O/c1-2-3-15-4-6-16(7-5-15)9(17)8-12-10(11)14-13-8/h2-7H2,1H3,(H3,11,12,13,14). The van der Waals surface area contributed by atoms with E-state index in [1.165, 1.54) is 0 Å². The van der Waals surface area contributed by atoms with E-state index in [4.69, 9.17) is 5.73 Å². The van der Waals surface area contributed by atoms with E-state index in [2.05, 4.69) is 27.0 Å². The molecule has 1 amide bonds. The Morgan fingerprint density at radius 1 is 1.41 bits per heavy atom. The number of amides is 1. The van der Waals surface area contributed by atoms with Gasteiger partial charge in [0.1, 0.15) is 0 Å². The minimum Gasteiger partial charge on any atom is -0.366 e. The summed E-state index contributed by atoms with van der Waals surface area (Å²) in [5.41, 5.74) is 5.38. The molecule has 2 heterocycles. The van der Waals surface area contributed by atoms with Gasteiger partial charge in [-0.05, 0) is 13.0 Å². The van der Waals surface area contributed by atoms with E-state index in [1.54, 1.807) is 4.90 Å². The first-order valence-electron chi connectivity index (χ1n) is 5.90. The number of rotatable bonds is 3. The Morgan fingerprint density at radius 3 is 2.65 bits per heavy atom. The summed E-state index contributed by atoms with van der Waals surface area (Å²) in [6.07, 6.45) is 1.15. The zero-order valence-corrected chi connectivity index (χ0v) is 10.0. The van der Waals surface area contributed by atoms with Crippen LogP contribution in [-0.2, 0) is 0 Å².